The fraction of sp³-hybridized carbons (Fsp3) is 0.600. The van der Waals surface area contributed by atoms with Gasteiger partial charge in [-0.2, -0.15) is 4.31 Å². The lowest BCUT2D eigenvalue weighted by Gasteiger charge is -2.15. The molecule has 9 heteroatoms. The van der Waals surface area contributed by atoms with Gasteiger partial charge in [-0.1, -0.05) is 11.8 Å². The minimum atomic E-state index is -3.43. The average Bonchev–Trinajstić information content (AvgIpc) is 3.13. The third kappa shape index (κ3) is 5.44. The molecule has 1 aliphatic heterocycles. The predicted octanol–water partition coefficient (Wildman–Crippen LogP) is 1.11. The molecule has 24 heavy (non-hydrogen) atoms. The number of sulfonamides is 1. The van der Waals surface area contributed by atoms with Crippen molar-refractivity contribution in [2.45, 2.75) is 29.2 Å². The van der Waals surface area contributed by atoms with Crippen LogP contribution in [0.25, 0.3) is 0 Å². The molecular weight excluding hydrogens is 350 g/mol. The second-order valence-corrected chi connectivity index (χ2v) is 8.36. The molecule has 0 aromatic carbocycles. The van der Waals surface area contributed by atoms with Crippen LogP contribution in [0.5, 0.6) is 0 Å². The third-order valence-corrected chi connectivity index (χ3v) is 6.44. The monoisotopic (exact) mass is 373 g/mol. The smallest absolute Gasteiger partial charge is 0.244 e. The van der Waals surface area contributed by atoms with E-state index in [1.807, 2.05) is 0 Å². The number of rotatable bonds is 9. The molecule has 2 heterocycles. The van der Waals surface area contributed by atoms with Crippen molar-refractivity contribution in [2.24, 2.45) is 0 Å². The number of amides is 1. The van der Waals surface area contributed by atoms with E-state index in [0.29, 0.717) is 31.3 Å². The molecule has 0 bridgehead atoms. The SMILES string of the molecule is COCCCNC(=O)CSc1ccc(S(=O)(=O)N2CCCC2)cn1. The first-order valence-electron chi connectivity index (χ1n) is 7.88. The highest BCUT2D eigenvalue weighted by atomic mass is 32.2. The zero-order chi connectivity index (χ0) is 17.4. The predicted molar refractivity (Wildman–Crippen MR) is 92.5 cm³/mol. The lowest BCUT2D eigenvalue weighted by Crippen LogP contribution is -2.28. The van der Waals surface area contributed by atoms with Crippen LogP contribution in [0.4, 0.5) is 0 Å². The summed E-state index contributed by atoms with van der Waals surface area (Å²) < 4.78 is 31.2. The second-order valence-electron chi connectivity index (χ2n) is 5.43. The van der Waals surface area contributed by atoms with Crippen molar-refractivity contribution in [3.05, 3.63) is 18.3 Å². The minimum Gasteiger partial charge on any atom is -0.385 e. The Kier molecular flexibility index (Phi) is 7.47. The topological polar surface area (TPSA) is 88.6 Å². The van der Waals surface area contributed by atoms with Crippen LogP contribution in [-0.4, -0.2) is 62.7 Å². The molecule has 0 radical (unpaired) electrons. The number of carbonyl (C=O) groups is 1. The Morgan fingerprint density at radius 2 is 2.12 bits per heavy atom. The molecule has 0 unspecified atom stereocenters. The number of pyridine rings is 1. The van der Waals surface area contributed by atoms with Crippen LogP contribution >= 0.6 is 11.8 Å². The molecule has 1 aliphatic rings. The van der Waals surface area contributed by atoms with Crippen LogP contribution < -0.4 is 5.32 Å². The first kappa shape index (κ1) is 19.2. The third-order valence-electron chi connectivity index (χ3n) is 3.61. The van der Waals surface area contributed by atoms with Crippen molar-refractivity contribution in [3.8, 4) is 0 Å². The van der Waals surface area contributed by atoms with Gasteiger partial charge in [-0.25, -0.2) is 13.4 Å². The molecular formula is C15H23N3O4S2. The highest BCUT2D eigenvalue weighted by Gasteiger charge is 2.27. The first-order chi connectivity index (χ1) is 11.5. The van der Waals surface area contributed by atoms with Crippen LogP contribution in [0.15, 0.2) is 28.3 Å². The number of nitrogens with zero attached hydrogens (tertiary/aromatic N) is 2. The first-order valence-corrected chi connectivity index (χ1v) is 10.3. The van der Waals surface area contributed by atoms with Crippen molar-refractivity contribution < 1.29 is 17.9 Å². The Hall–Kier alpha value is -1.16. The summed E-state index contributed by atoms with van der Waals surface area (Å²) in [5.41, 5.74) is 0. The molecule has 7 nitrogen and oxygen atoms in total. The molecule has 134 valence electrons. The van der Waals surface area contributed by atoms with Gasteiger partial charge in [-0.05, 0) is 31.4 Å². The summed E-state index contributed by atoms with van der Waals surface area (Å²) in [6.45, 7) is 2.33. The summed E-state index contributed by atoms with van der Waals surface area (Å²) in [6, 6.07) is 3.20. The zero-order valence-electron chi connectivity index (χ0n) is 13.7. The van der Waals surface area contributed by atoms with Crippen molar-refractivity contribution in [2.75, 3.05) is 39.1 Å². The van der Waals surface area contributed by atoms with E-state index in [4.69, 9.17) is 4.74 Å². The number of hydrogen-bond acceptors (Lipinski definition) is 6. The maximum absolute atomic E-state index is 12.4. The van der Waals surface area contributed by atoms with Crippen LogP contribution in [0, 0.1) is 0 Å². The average molecular weight is 374 g/mol. The maximum Gasteiger partial charge on any atom is 0.244 e. The van der Waals surface area contributed by atoms with E-state index in [1.54, 1.807) is 19.2 Å². The van der Waals surface area contributed by atoms with Crippen molar-refractivity contribution in [3.63, 3.8) is 0 Å². The van der Waals surface area contributed by atoms with Gasteiger partial charge in [-0.15, -0.1) is 0 Å². The number of carbonyl (C=O) groups excluding carboxylic acids is 1. The Morgan fingerprint density at radius 1 is 1.38 bits per heavy atom. The Bertz CT molecular complexity index is 629. The van der Waals surface area contributed by atoms with Gasteiger partial charge in [0.05, 0.1) is 10.8 Å². The van der Waals surface area contributed by atoms with Gasteiger partial charge in [0.1, 0.15) is 4.90 Å². The second kappa shape index (κ2) is 9.36. The fourth-order valence-electron chi connectivity index (χ4n) is 2.32. The lowest BCUT2D eigenvalue weighted by atomic mass is 10.4. The Morgan fingerprint density at radius 3 is 2.75 bits per heavy atom. The van der Waals surface area contributed by atoms with Gasteiger partial charge in [0.15, 0.2) is 0 Å². The molecule has 0 spiro atoms. The van der Waals surface area contributed by atoms with Gasteiger partial charge in [0.2, 0.25) is 15.9 Å². The van der Waals surface area contributed by atoms with E-state index in [9.17, 15) is 13.2 Å². The van der Waals surface area contributed by atoms with Gasteiger partial charge in [0, 0.05) is 39.5 Å². The van der Waals surface area contributed by atoms with Crippen molar-refractivity contribution >= 4 is 27.7 Å². The number of ether oxygens (including phenoxy) is 1. The van der Waals surface area contributed by atoms with E-state index in [1.165, 1.54) is 22.3 Å². The van der Waals surface area contributed by atoms with E-state index >= 15 is 0 Å². The molecule has 1 aromatic rings. The summed E-state index contributed by atoms with van der Waals surface area (Å²) in [6.07, 6.45) is 3.95. The Labute approximate surface area is 147 Å². The van der Waals surface area contributed by atoms with E-state index in [-0.39, 0.29) is 16.6 Å². The molecule has 1 fully saturated rings. The standard InChI is InChI=1S/C15H23N3O4S2/c1-22-10-4-7-16-14(19)12-23-15-6-5-13(11-17-15)24(20,21)18-8-2-3-9-18/h5-6,11H,2-4,7-10,12H2,1H3,(H,16,19). The van der Waals surface area contributed by atoms with E-state index in [2.05, 4.69) is 10.3 Å². The van der Waals surface area contributed by atoms with E-state index in [0.717, 1.165) is 19.3 Å². The molecule has 2 rings (SSSR count). The number of aromatic nitrogens is 1. The molecule has 0 atom stereocenters. The highest BCUT2D eigenvalue weighted by Crippen LogP contribution is 2.22. The van der Waals surface area contributed by atoms with Gasteiger partial charge in [-0.3, -0.25) is 4.79 Å². The Balaban J connectivity index is 1.82. The van der Waals surface area contributed by atoms with Crippen molar-refractivity contribution in [1.29, 1.82) is 0 Å². The van der Waals surface area contributed by atoms with Crippen molar-refractivity contribution in [1.82, 2.24) is 14.6 Å². The van der Waals surface area contributed by atoms with Crippen LogP contribution in [0.3, 0.4) is 0 Å². The van der Waals surface area contributed by atoms with Crippen LogP contribution in [0.1, 0.15) is 19.3 Å². The lowest BCUT2D eigenvalue weighted by molar-refractivity contribution is -0.118. The fourth-order valence-corrected chi connectivity index (χ4v) is 4.45. The summed E-state index contributed by atoms with van der Waals surface area (Å²) in [4.78, 5) is 16.0. The number of methoxy groups -OCH3 is 1. The highest BCUT2D eigenvalue weighted by molar-refractivity contribution is 7.99. The van der Waals surface area contributed by atoms with Gasteiger partial charge < -0.3 is 10.1 Å². The zero-order valence-corrected chi connectivity index (χ0v) is 15.4. The normalized spacial score (nSPS) is 15.5. The minimum absolute atomic E-state index is 0.0772. The molecule has 0 aliphatic carbocycles. The molecule has 1 aromatic heterocycles. The van der Waals surface area contributed by atoms with Crippen LogP contribution in [0.2, 0.25) is 0 Å². The maximum atomic E-state index is 12.4. The molecule has 1 amide bonds. The summed E-state index contributed by atoms with van der Waals surface area (Å²) in [5, 5.41) is 3.42. The number of nitrogens with one attached hydrogen (secondary N) is 1. The van der Waals surface area contributed by atoms with Gasteiger partial charge in [0.25, 0.3) is 0 Å². The summed E-state index contributed by atoms with van der Waals surface area (Å²) in [7, 11) is -1.81. The van der Waals surface area contributed by atoms with Gasteiger partial charge >= 0.3 is 0 Å². The number of thioether (sulfide) groups is 1. The summed E-state index contributed by atoms with van der Waals surface area (Å²) >= 11 is 1.28. The summed E-state index contributed by atoms with van der Waals surface area (Å²) in [5.74, 6) is 0.171. The number of hydrogen-bond donors (Lipinski definition) is 1. The molecule has 1 N–H and O–H groups in total. The van der Waals surface area contributed by atoms with E-state index < -0.39 is 10.0 Å². The largest absolute Gasteiger partial charge is 0.385 e. The van der Waals surface area contributed by atoms with Crippen LogP contribution in [-0.2, 0) is 19.6 Å². The molecule has 1 saturated heterocycles. The quantitative estimate of drug-likeness (QED) is 0.515. The molecule has 0 saturated carbocycles.